The van der Waals surface area contributed by atoms with Gasteiger partial charge in [0.25, 0.3) is 7.52 Å². The first kappa shape index (κ1) is 10.5. The SMILES string of the molecule is CC(NP(C)(=O)O)c1ccccc1. The predicted octanol–water partition coefficient (Wildman–Crippen LogP) is 2.15. The lowest BCUT2D eigenvalue weighted by Crippen LogP contribution is -2.14. The summed E-state index contributed by atoms with van der Waals surface area (Å²) in [5, 5.41) is 2.65. The molecule has 0 bridgehead atoms. The molecule has 1 aromatic carbocycles. The van der Waals surface area contributed by atoms with Crippen molar-refractivity contribution >= 4 is 7.52 Å². The summed E-state index contributed by atoms with van der Waals surface area (Å²) in [6.07, 6.45) is 0. The highest BCUT2D eigenvalue weighted by molar-refractivity contribution is 7.55. The van der Waals surface area contributed by atoms with Gasteiger partial charge in [0.05, 0.1) is 0 Å². The summed E-state index contributed by atoms with van der Waals surface area (Å²) < 4.78 is 11.0. The zero-order chi connectivity index (χ0) is 9.90. The van der Waals surface area contributed by atoms with Gasteiger partial charge in [-0.15, -0.1) is 0 Å². The van der Waals surface area contributed by atoms with E-state index in [-0.39, 0.29) is 6.04 Å². The summed E-state index contributed by atoms with van der Waals surface area (Å²) in [5.74, 6) is 0. The molecule has 0 heterocycles. The standard InChI is InChI=1S/C9H14NO2P/c1-8(10-13(2,11)12)9-6-4-3-5-7-9/h3-8H,1-2H3,(H2,10,11,12). The fourth-order valence-corrected chi connectivity index (χ4v) is 2.04. The Kier molecular flexibility index (Phi) is 3.26. The molecule has 0 saturated heterocycles. The van der Waals surface area contributed by atoms with E-state index in [9.17, 15) is 4.57 Å². The maximum atomic E-state index is 11.0. The van der Waals surface area contributed by atoms with Gasteiger partial charge in [0.15, 0.2) is 0 Å². The zero-order valence-corrected chi connectivity index (χ0v) is 8.66. The summed E-state index contributed by atoms with van der Waals surface area (Å²) in [6, 6.07) is 9.49. The van der Waals surface area contributed by atoms with Gasteiger partial charge in [0, 0.05) is 12.7 Å². The Morgan fingerprint density at radius 1 is 1.38 bits per heavy atom. The molecule has 0 fully saturated rings. The minimum absolute atomic E-state index is 0.0953. The molecule has 0 amide bonds. The van der Waals surface area contributed by atoms with Gasteiger partial charge in [-0.1, -0.05) is 30.3 Å². The molecule has 0 saturated carbocycles. The Balaban J connectivity index is 2.70. The van der Waals surface area contributed by atoms with Gasteiger partial charge in [-0.05, 0) is 12.5 Å². The van der Waals surface area contributed by atoms with Crippen LogP contribution in [0.3, 0.4) is 0 Å². The summed E-state index contributed by atoms with van der Waals surface area (Å²) >= 11 is 0. The highest BCUT2D eigenvalue weighted by atomic mass is 31.2. The molecule has 13 heavy (non-hydrogen) atoms. The number of hydrogen-bond acceptors (Lipinski definition) is 1. The Labute approximate surface area is 78.3 Å². The monoisotopic (exact) mass is 199 g/mol. The van der Waals surface area contributed by atoms with E-state index in [0.29, 0.717) is 0 Å². The van der Waals surface area contributed by atoms with Crippen molar-refractivity contribution in [2.75, 3.05) is 6.66 Å². The summed E-state index contributed by atoms with van der Waals surface area (Å²) in [4.78, 5) is 9.09. The largest absolute Gasteiger partial charge is 0.333 e. The quantitative estimate of drug-likeness (QED) is 0.733. The lowest BCUT2D eigenvalue weighted by molar-refractivity contribution is 0.460. The summed E-state index contributed by atoms with van der Waals surface area (Å²) in [5.41, 5.74) is 1.01. The lowest BCUT2D eigenvalue weighted by Gasteiger charge is -2.15. The molecule has 4 heteroatoms. The first-order valence-corrected chi connectivity index (χ1v) is 6.23. The topological polar surface area (TPSA) is 49.3 Å². The van der Waals surface area contributed by atoms with Gasteiger partial charge in [-0.25, -0.2) is 5.09 Å². The molecule has 0 radical (unpaired) electrons. The molecule has 2 N–H and O–H groups in total. The molecule has 1 rings (SSSR count). The molecule has 1 aromatic rings. The Hall–Kier alpha value is -0.630. The van der Waals surface area contributed by atoms with Crippen LogP contribution < -0.4 is 5.09 Å². The third kappa shape index (κ3) is 3.73. The Morgan fingerprint density at radius 3 is 2.38 bits per heavy atom. The van der Waals surface area contributed by atoms with E-state index in [1.54, 1.807) is 0 Å². The highest BCUT2D eigenvalue weighted by Gasteiger charge is 2.14. The van der Waals surface area contributed by atoms with Crippen LogP contribution in [-0.4, -0.2) is 11.6 Å². The molecule has 0 aliphatic rings. The average molecular weight is 199 g/mol. The fraction of sp³-hybridized carbons (Fsp3) is 0.333. The summed E-state index contributed by atoms with van der Waals surface area (Å²) in [6.45, 7) is 3.16. The minimum atomic E-state index is -3.14. The van der Waals surface area contributed by atoms with E-state index >= 15 is 0 Å². The second-order valence-corrected chi connectivity index (χ2v) is 5.16. The summed E-state index contributed by atoms with van der Waals surface area (Å²) in [7, 11) is -3.14. The van der Waals surface area contributed by atoms with E-state index in [2.05, 4.69) is 5.09 Å². The van der Waals surface area contributed by atoms with Crippen LogP contribution in [0.2, 0.25) is 0 Å². The second-order valence-electron chi connectivity index (χ2n) is 3.14. The molecule has 3 nitrogen and oxygen atoms in total. The second kappa shape index (κ2) is 4.05. The molecule has 2 atom stereocenters. The van der Waals surface area contributed by atoms with Crippen molar-refractivity contribution < 1.29 is 9.46 Å². The van der Waals surface area contributed by atoms with Crippen LogP contribution in [0.15, 0.2) is 30.3 Å². The van der Waals surface area contributed by atoms with Crippen molar-refractivity contribution in [3.8, 4) is 0 Å². The maximum Gasteiger partial charge on any atom is 0.264 e. The third-order valence-corrected chi connectivity index (χ3v) is 2.60. The van der Waals surface area contributed by atoms with Crippen LogP contribution in [0.25, 0.3) is 0 Å². The fourth-order valence-electron chi connectivity index (χ4n) is 1.18. The van der Waals surface area contributed by atoms with Crippen molar-refractivity contribution in [1.82, 2.24) is 5.09 Å². The van der Waals surface area contributed by atoms with Crippen molar-refractivity contribution in [2.24, 2.45) is 0 Å². The molecule has 0 aliphatic heterocycles. The van der Waals surface area contributed by atoms with Gasteiger partial charge in [0.1, 0.15) is 0 Å². The van der Waals surface area contributed by atoms with Crippen LogP contribution in [0.4, 0.5) is 0 Å². The van der Waals surface area contributed by atoms with Gasteiger partial charge < -0.3 is 4.89 Å². The number of nitrogens with one attached hydrogen (secondary N) is 1. The molecule has 0 aromatic heterocycles. The smallest absolute Gasteiger partial charge is 0.264 e. The molecule has 0 aliphatic carbocycles. The molecular weight excluding hydrogens is 185 g/mol. The molecule has 0 spiro atoms. The first-order chi connectivity index (χ1) is 5.99. The van der Waals surface area contributed by atoms with Crippen molar-refractivity contribution in [2.45, 2.75) is 13.0 Å². The Morgan fingerprint density at radius 2 is 1.92 bits per heavy atom. The van der Waals surface area contributed by atoms with Gasteiger partial charge in [-0.2, -0.15) is 0 Å². The van der Waals surface area contributed by atoms with Gasteiger partial charge >= 0.3 is 0 Å². The number of benzene rings is 1. The van der Waals surface area contributed by atoms with E-state index in [1.807, 2.05) is 37.3 Å². The molecule has 72 valence electrons. The van der Waals surface area contributed by atoms with Crippen LogP contribution in [0, 0.1) is 0 Å². The number of hydrogen-bond donors (Lipinski definition) is 2. The maximum absolute atomic E-state index is 11.0. The number of rotatable bonds is 3. The average Bonchev–Trinajstić information content (AvgIpc) is 2.03. The van der Waals surface area contributed by atoms with Crippen LogP contribution in [-0.2, 0) is 4.57 Å². The van der Waals surface area contributed by atoms with E-state index in [1.165, 1.54) is 6.66 Å². The van der Waals surface area contributed by atoms with Crippen molar-refractivity contribution in [3.05, 3.63) is 35.9 Å². The Bertz CT molecular complexity index is 307. The van der Waals surface area contributed by atoms with Gasteiger partial charge in [0.2, 0.25) is 0 Å². The van der Waals surface area contributed by atoms with Crippen molar-refractivity contribution in [1.29, 1.82) is 0 Å². The molecular formula is C9H14NO2P. The van der Waals surface area contributed by atoms with Gasteiger partial charge in [-0.3, -0.25) is 4.57 Å². The van der Waals surface area contributed by atoms with Crippen LogP contribution >= 0.6 is 7.52 Å². The van der Waals surface area contributed by atoms with Crippen LogP contribution in [0.1, 0.15) is 18.5 Å². The third-order valence-electron chi connectivity index (χ3n) is 1.73. The highest BCUT2D eigenvalue weighted by Crippen LogP contribution is 2.33. The van der Waals surface area contributed by atoms with E-state index in [0.717, 1.165) is 5.56 Å². The lowest BCUT2D eigenvalue weighted by atomic mass is 10.1. The predicted molar refractivity (Wildman–Crippen MR) is 53.7 cm³/mol. The van der Waals surface area contributed by atoms with Crippen molar-refractivity contribution in [3.63, 3.8) is 0 Å². The van der Waals surface area contributed by atoms with Crippen LogP contribution in [0.5, 0.6) is 0 Å². The van der Waals surface area contributed by atoms with E-state index < -0.39 is 7.52 Å². The van der Waals surface area contributed by atoms with E-state index in [4.69, 9.17) is 4.89 Å². The molecule has 2 unspecified atom stereocenters. The normalized spacial score (nSPS) is 17.8. The first-order valence-electron chi connectivity index (χ1n) is 4.12. The minimum Gasteiger partial charge on any atom is -0.333 e. The zero-order valence-electron chi connectivity index (χ0n) is 7.77.